The molecular weight excluding hydrogens is 364 g/mol. The van der Waals surface area contributed by atoms with Gasteiger partial charge in [0.25, 0.3) is 0 Å². The molecule has 1 aliphatic rings. The molecular formula is C18H22N6O4. The number of anilines is 1. The average molecular weight is 386 g/mol. The van der Waals surface area contributed by atoms with E-state index >= 15 is 0 Å². The highest BCUT2D eigenvalue weighted by molar-refractivity contribution is 6.01. The smallest absolute Gasteiger partial charge is 0.325 e. The summed E-state index contributed by atoms with van der Waals surface area (Å²) < 4.78 is 1.72. The number of hydrogen-bond donors (Lipinski definition) is 3. The molecule has 2 heterocycles. The van der Waals surface area contributed by atoms with Crippen molar-refractivity contribution in [3.8, 4) is 0 Å². The molecule has 1 atom stereocenters. The molecule has 0 fully saturated rings. The van der Waals surface area contributed by atoms with E-state index in [-0.39, 0.29) is 19.6 Å². The average Bonchev–Trinajstić information content (AvgIpc) is 2.97. The molecule has 0 radical (unpaired) electrons. The largest absolute Gasteiger partial charge is 0.480 e. The highest BCUT2D eigenvalue weighted by Crippen LogP contribution is 2.18. The molecule has 1 aliphatic heterocycles. The van der Waals surface area contributed by atoms with Gasteiger partial charge in [0.15, 0.2) is 0 Å². The zero-order valence-electron chi connectivity index (χ0n) is 15.9. The summed E-state index contributed by atoms with van der Waals surface area (Å²) in [5.41, 5.74) is 2.68. The minimum Gasteiger partial charge on any atom is -0.480 e. The van der Waals surface area contributed by atoms with E-state index in [0.717, 1.165) is 11.1 Å². The molecule has 1 aromatic heterocycles. The Morgan fingerprint density at radius 2 is 1.93 bits per heavy atom. The van der Waals surface area contributed by atoms with Crippen LogP contribution in [0.3, 0.4) is 0 Å². The summed E-state index contributed by atoms with van der Waals surface area (Å²) in [6.07, 6.45) is 0. The second-order valence-corrected chi connectivity index (χ2v) is 6.83. The van der Waals surface area contributed by atoms with E-state index in [1.807, 2.05) is 19.9 Å². The molecule has 10 nitrogen and oxygen atoms in total. The topological polar surface area (TPSA) is 129 Å². The molecule has 3 N–H and O–H groups in total. The van der Waals surface area contributed by atoms with Gasteiger partial charge in [0.2, 0.25) is 5.91 Å². The van der Waals surface area contributed by atoms with E-state index in [9.17, 15) is 19.5 Å². The Hall–Kier alpha value is -3.27. The number of rotatable bonds is 4. The van der Waals surface area contributed by atoms with E-state index in [2.05, 4.69) is 20.8 Å². The predicted octanol–water partition coefficient (Wildman–Crippen LogP) is 0.820. The second-order valence-electron chi connectivity index (χ2n) is 6.83. The van der Waals surface area contributed by atoms with Gasteiger partial charge >= 0.3 is 12.0 Å². The van der Waals surface area contributed by atoms with Gasteiger partial charge in [-0.25, -0.2) is 4.79 Å². The third-order valence-corrected chi connectivity index (χ3v) is 4.80. The third kappa shape index (κ3) is 4.17. The Bertz CT molecular complexity index is 938. The third-order valence-electron chi connectivity index (χ3n) is 4.80. The molecule has 10 heteroatoms. The Balaban J connectivity index is 1.62. The molecule has 0 saturated carbocycles. The fourth-order valence-electron chi connectivity index (χ4n) is 3.09. The van der Waals surface area contributed by atoms with Gasteiger partial charge < -0.3 is 15.0 Å². The molecule has 1 unspecified atom stereocenters. The van der Waals surface area contributed by atoms with Crippen LogP contribution in [0.2, 0.25) is 0 Å². The lowest BCUT2D eigenvalue weighted by Crippen LogP contribution is -2.52. The summed E-state index contributed by atoms with van der Waals surface area (Å²) >= 11 is 0. The lowest BCUT2D eigenvalue weighted by molar-refractivity contribution is -0.145. The Labute approximate surface area is 161 Å². The Kier molecular flexibility index (Phi) is 5.41. The van der Waals surface area contributed by atoms with Crippen molar-refractivity contribution >= 4 is 23.6 Å². The monoisotopic (exact) mass is 386 g/mol. The highest BCUT2D eigenvalue weighted by atomic mass is 16.4. The maximum atomic E-state index is 12.3. The van der Waals surface area contributed by atoms with Crippen LogP contribution in [0.15, 0.2) is 18.2 Å². The number of nitrogens with one attached hydrogen (secondary N) is 2. The molecule has 2 aromatic rings. The molecule has 1 aromatic carbocycles. The van der Waals surface area contributed by atoms with Crippen LogP contribution in [-0.4, -0.2) is 55.3 Å². The minimum atomic E-state index is -1.05. The summed E-state index contributed by atoms with van der Waals surface area (Å²) in [4.78, 5) is 37.4. The van der Waals surface area contributed by atoms with Crippen LogP contribution in [0, 0.1) is 20.8 Å². The fraction of sp³-hybridized carbons (Fsp3) is 0.389. The zero-order chi connectivity index (χ0) is 20.4. The first-order chi connectivity index (χ1) is 13.2. The number of amides is 3. The lowest BCUT2D eigenvalue weighted by Gasteiger charge is -2.32. The van der Waals surface area contributed by atoms with Crippen molar-refractivity contribution < 1.29 is 19.5 Å². The maximum absolute atomic E-state index is 12.3. The fourth-order valence-corrected chi connectivity index (χ4v) is 3.09. The predicted molar refractivity (Wildman–Crippen MR) is 99.7 cm³/mol. The number of carbonyl (C=O) groups is 3. The number of carbonyl (C=O) groups excluding carboxylic acids is 2. The number of hydrogen-bond acceptors (Lipinski definition) is 6. The number of aliphatic carboxylic acids is 1. The number of aromatic nitrogens is 3. The molecule has 28 heavy (non-hydrogen) atoms. The van der Waals surface area contributed by atoms with Gasteiger partial charge in [-0.3, -0.25) is 19.8 Å². The van der Waals surface area contributed by atoms with E-state index in [0.29, 0.717) is 17.3 Å². The number of fused-ring (bicyclic) bond motifs is 1. The van der Waals surface area contributed by atoms with Crippen LogP contribution < -0.4 is 10.6 Å². The number of aryl methyl sites for hydroxylation is 3. The molecule has 3 rings (SSSR count). The van der Waals surface area contributed by atoms with E-state index in [1.54, 1.807) is 23.6 Å². The second kappa shape index (κ2) is 7.77. The quantitative estimate of drug-likeness (QED) is 0.709. The molecule has 0 bridgehead atoms. The van der Waals surface area contributed by atoms with Crippen molar-refractivity contribution in [3.05, 3.63) is 41.0 Å². The first kappa shape index (κ1) is 19.5. The molecule has 0 saturated heterocycles. The Morgan fingerprint density at radius 1 is 1.18 bits per heavy atom. The summed E-state index contributed by atoms with van der Waals surface area (Å²) in [7, 11) is 0. The van der Waals surface area contributed by atoms with Crippen molar-refractivity contribution in [1.29, 1.82) is 0 Å². The number of urea groups is 1. The lowest BCUT2D eigenvalue weighted by atomic mass is 10.1. The summed E-state index contributed by atoms with van der Waals surface area (Å²) in [5, 5.41) is 22.3. The van der Waals surface area contributed by atoms with Crippen LogP contribution >= 0.6 is 0 Å². The maximum Gasteiger partial charge on any atom is 0.325 e. The first-order valence-corrected chi connectivity index (χ1v) is 8.78. The van der Waals surface area contributed by atoms with E-state index in [1.165, 1.54) is 4.90 Å². The van der Waals surface area contributed by atoms with Gasteiger partial charge in [-0.1, -0.05) is 6.07 Å². The van der Waals surface area contributed by atoms with Crippen molar-refractivity contribution in [1.82, 2.24) is 25.0 Å². The number of carboxylic acids is 1. The number of nitrogens with zero attached hydrogens (tertiary/aromatic N) is 4. The van der Waals surface area contributed by atoms with Crippen LogP contribution in [-0.2, 0) is 22.7 Å². The van der Waals surface area contributed by atoms with Crippen molar-refractivity contribution in [2.45, 2.75) is 39.9 Å². The Morgan fingerprint density at radius 3 is 2.61 bits per heavy atom. The van der Waals surface area contributed by atoms with Crippen LogP contribution in [0.5, 0.6) is 0 Å². The van der Waals surface area contributed by atoms with Crippen LogP contribution in [0.4, 0.5) is 10.5 Å². The zero-order valence-corrected chi connectivity index (χ0v) is 15.9. The van der Waals surface area contributed by atoms with Crippen molar-refractivity contribution in [2.75, 3.05) is 11.9 Å². The van der Waals surface area contributed by atoms with Crippen LogP contribution in [0.1, 0.15) is 22.8 Å². The molecule has 148 valence electrons. The van der Waals surface area contributed by atoms with E-state index in [4.69, 9.17) is 0 Å². The SMILES string of the molecule is Cc1ccc(NC(=O)NC(=O)CN2Cc3nnc(C)n3CC2C(=O)O)cc1C. The first-order valence-electron chi connectivity index (χ1n) is 8.78. The van der Waals surface area contributed by atoms with Crippen molar-refractivity contribution in [3.63, 3.8) is 0 Å². The highest BCUT2D eigenvalue weighted by Gasteiger charge is 2.34. The van der Waals surface area contributed by atoms with Gasteiger partial charge in [-0.15, -0.1) is 10.2 Å². The van der Waals surface area contributed by atoms with Gasteiger partial charge in [0.1, 0.15) is 17.7 Å². The molecule has 0 spiro atoms. The number of imide groups is 1. The summed E-state index contributed by atoms with van der Waals surface area (Å²) in [6.45, 7) is 5.68. The molecule has 3 amide bonds. The van der Waals surface area contributed by atoms with Gasteiger partial charge in [-0.2, -0.15) is 0 Å². The number of carboxylic acid groups (broad SMARTS) is 1. The summed E-state index contributed by atoms with van der Waals surface area (Å²) in [6, 6.07) is 3.84. The number of benzene rings is 1. The molecule has 0 aliphatic carbocycles. The minimum absolute atomic E-state index is 0.144. The van der Waals surface area contributed by atoms with Gasteiger partial charge in [0.05, 0.1) is 19.6 Å². The van der Waals surface area contributed by atoms with Crippen LogP contribution in [0.25, 0.3) is 0 Å². The standard InChI is InChI=1S/C18H22N6O4/c1-10-4-5-13(6-11(10)2)19-18(28)20-16(25)9-23-8-15-22-21-12(3)24(15)7-14(23)17(26)27/h4-6,14H,7-9H2,1-3H3,(H,26,27)(H2,19,20,25,28). The van der Waals surface area contributed by atoms with Gasteiger partial charge in [-0.05, 0) is 44.0 Å². The van der Waals surface area contributed by atoms with E-state index < -0.39 is 23.9 Å². The normalized spacial score (nSPS) is 16.3. The summed E-state index contributed by atoms with van der Waals surface area (Å²) in [5.74, 6) is -0.441. The van der Waals surface area contributed by atoms with Gasteiger partial charge in [0, 0.05) is 5.69 Å². The van der Waals surface area contributed by atoms with Crippen molar-refractivity contribution in [2.24, 2.45) is 0 Å².